The summed E-state index contributed by atoms with van der Waals surface area (Å²) in [5.41, 5.74) is 1.72. The molecule has 1 rings (SSSR count). The molecule has 0 bridgehead atoms. The van der Waals surface area contributed by atoms with E-state index in [1.807, 2.05) is 44.7 Å². The molecule has 1 aromatic rings. The van der Waals surface area contributed by atoms with E-state index in [1.54, 1.807) is 12.1 Å². The van der Waals surface area contributed by atoms with Gasteiger partial charge in [0.1, 0.15) is 0 Å². The molecule has 0 fully saturated rings. The molecular formula is C16H23N3O. The summed E-state index contributed by atoms with van der Waals surface area (Å²) in [7, 11) is 0. The molecule has 0 aliphatic heterocycles. The van der Waals surface area contributed by atoms with Crippen molar-refractivity contribution in [2.24, 2.45) is 0 Å². The van der Waals surface area contributed by atoms with E-state index < -0.39 is 0 Å². The van der Waals surface area contributed by atoms with Gasteiger partial charge in [-0.1, -0.05) is 12.1 Å². The quantitative estimate of drug-likeness (QED) is 0.866. The molecule has 1 N–H and O–H groups in total. The lowest BCUT2D eigenvalue weighted by molar-refractivity contribution is -0.132. The van der Waals surface area contributed by atoms with Crippen LogP contribution in [0.1, 0.15) is 44.9 Å². The summed E-state index contributed by atoms with van der Waals surface area (Å²) < 4.78 is 0. The zero-order valence-electron chi connectivity index (χ0n) is 12.7. The van der Waals surface area contributed by atoms with E-state index in [0.29, 0.717) is 5.56 Å². The lowest BCUT2D eigenvalue weighted by Gasteiger charge is -2.26. The maximum absolute atomic E-state index is 12.2. The van der Waals surface area contributed by atoms with Gasteiger partial charge in [-0.3, -0.25) is 10.1 Å². The predicted octanol–water partition coefficient (Wildman–Crippen LogP) is 2.47. The highest BCUT2D eigenvalue weighted by atomic mass is 16.2. The van der Waals surface area contributed by atoms with Crippen molar-refractivity contribution in [3.8, 4) is 6.07 Å². The fraction of sp³-hybridized carbons (Fsp3) is 0.500. The highest BCUT2D eigenvalue weighted by Crippen LogP contribution is 2.14. The molecule has 0 saturated heterocycles. The Bertz CT molecular complexity index is 471. The minimum absolute atomic E-state index is 0.0669. The van der Waals surface area contributed by atoms with Crippen molar-refractivity contribution in [2.45, 2.75) is 39.8 Å². The van der Waals surface area contributed by atoms with E-state index in [2.05, 4.69) is 11.4 Å². The second-order valence-corrected chi connectivity index (χ2v) is 4.85. The number of rotatable bonds is 6. The zero-order valence-corrected chi connectivity index (χ0v) is 12.7. The second kappa shape index (κ2) is 7.66. The maximum Gasteiger partial charge on any atom is 0.239 e. The summed E-state index contributed by atoms with van der Waals surface area (Å²) in [6.07, 6.45) is 0. The van der Waals surface area contributed by atoms with Gasteiger partial charge in [0.25, 0.3) is 0 Å². The molecule has 0 heterocycles. The van der Waals surface area contributed by atoms with E-state index in [0.717, 1.165) is 18.7 Å². The summed E-state index contributed by atoms with van der Waals surface area (Å²) in [6, 6.07) is 9.38. The van der Waals surface area contributed by atoms with Gasteiger partial charge >= 0.3 is 0 Å². The Balaban J connectivity index is 2.67. The SMILES string of the molecule is CCN(CC)C(=O)C(C)NC(C)c1ccc(C#N)cc1. The minimum Gasteiger partial charge on any atom is -0.342 e. The van der Waals surface area contributed by atoms with Crippen LogP contribution in [-0.4, -0.2) is 29.9 Å². The molecule has 0 aromatic heterocycles. The normalized spacial score (nSPS) is 13.3. The average Bonchev–Trinajstić information content (AvgIpc) is 2.48. The number of hydrogen-bond acceptors (Lipinski definition) is 3. The lowest BCUT2D eigenvalue weighted by Crippen LogP contribution is -2.45. The van der Waals surface area contributed by atoms with Crippen LogP contribution in [0.25, 0.3) is 0 Å². The molecule has 1 amide bonds. The van der Waals surface area contributed by atoms with Crippen LogP contribution >= 0.6 is 0 Å². The molecule has 0 spiro atoms. The van der Waals surface area contributed by atoms with E-state index in [-0.39, 0.29) is 18.0 Å². The van der Waals surface area contributed by atoms with Crippen molar-refractivity contribution in [1.29, 1.82) is 5.26 Å². The number of nitriles is 1. The van der Waals surface area contributed by atoms with E-state index in [4.69, 9.17) is 5.26 Å². The molecule has 0 aliphatic carbocycles. The van der Waals surface area contributed by atoms with Crippen LogP contribution in [0.15, 0.2) is 24.3 Å². The first-order valence-electron chi connectivity index (χ1n) is 7.08. The summed E-state index contributed by atoms with van der Waals surface area (Å²) in [5, 5.41) is 12.1. The summed E-state index contributed by atoms with van der Waals surface area (Å²) in [4.78, 5) is 14.0. The zero-order chi connectivity index (χ0) is 15.1. The van der Waals surface area contributed by atoms with Crippen molar-refractivity contribution in [3.63, 3.8) is 0 Å². The van der Waals surface area contributed by atoms with E-state index in [9.17, 15) is 4.79 Å². The van der Waals surface area contributed by atoms with Gasteiger partial charge in [0.2, 0.25) is 5.91 Å². The van der Waals surface area contributed by atoms with Crippen LogP contribution in [0.5, 0.6) is 0 Å². The highest BCUT2D eigenvalue weighted by Gasteiger charge is 2.20. The lowest BCUT2D eigenvalue weighted by atomic mass is 10.1. The number of nitrogens with one attached hydrogen (secondary N) is 1. The van der Waals surface area contributed by atoms with Gasteiger partial charge in [-0.25, -0.2) is 0 Å². The number of hydrogen-bond donors (Lipinski definition) is 1. The molecule has 1 aromatic carbocycles. The highest BCUT2D eigenvalue weighted by molar-refractivity contribution is 5.81. The Morgan fingerprint density at radius 2 is 1.80 bits per heavy atom. The molecule has 0 radical (unpaired) electrons. The van der Waals surface area contributed by atoms with Gasteiger partial charge in [0.15, 0.2) is 0 Å². The smallest absolute Gasteiger partial charge is 0.239 e. The number of carbonyl (C=O) groups excluding carboxylic acids is 1. The topological polar surface area (TPSA) is 56.1 Å². The average molecular weight is 273 g/mol. The third-order valence-electron chi connectivity index (χ3n) is 3.49. The molecule has 0 saturated carbocycles. The molecule has 4 heteroatoms. The first-order chi connectivity index (χ1) is 9.53. The number of carbonyl (C=O) groups is 1. The molecular weight excluding hydrogens is 250 g/mol. The van der Waals surface area contributed by atoms with Crippen LogP contribution in [0.4, 0.5) is 0 Å². The van der Waals surface area contributed by atoms with Gasteiger partial charge in [0.05, 0.1) is 17.7 Å². The predicted molar refractivity (Wildman–Crippen MR) is 80.1 cm³/mol. The van der Waals surface area contributed by atoms with Crippen LogP contribution in [-0.2, 0) is 4.79 Å². The standard InChI is InChI=1S/C16H23N3O/c1-5-19(6-2)16(20)13(4)18-12(3)15-9-7-14(11-17)8-10-15/h7-10,12-13,18H,5-6H2,1-4H3. The number of nitrogens with zero attached hydrogens (tertiary/aromatic N) is 2. The molecule has 2 atom stereocenters. The van der Waals surface area contributed by atoms with Gasteiger partial charge in [-0.15, -0.1) is 0 Å². The van der Waals surface area contributed by atoms with Crippen LogP contribution in [0.3, 0.4) is 0 Å². The van der Waals surface area contributed by atoms with Gasteiger partial charge in [0, 0.05) is 19.1 Å². The number of likely N-dealkylation sites (N-methyl/N-ethyl adjacent to an activating group) is 1. The number of amides is 1. The van der Waals surface area contributed by atoms with E-state index >= 15 is 0 Å². The third kappa shape index (κ3) is 4.07. The first-order valence-corrected chi connectivity index (χ1v) is 7.08. The van der Waals surface area contributed by atoms with Crippen molar-refractivity contribution in [2.75, 3.05) is 13.1 Å². The number of benzene rings is 1. The van der Waals surface area contributed by atoms with Gasteiger partial charge < -0.3 is 4.90 Å². The molecule has 108 valence electrons. The summed E-state index contributed by atoms with van der Waals surface area (Å²) in [6.45, 7) is 9.34. The Labute approximate surface area is 121 Å². The van der Waals surface area contributed by atoms with E-state index in [1.165, 1.54) is 0 Å². The Kier molecular flexibility index (Phi) is 6.20. The van der Waals surface area contributed by atoms with Crippen molar-refractivity contribution in [3.05, 3.63) is 35.4 Å². The van der Waals surface area contributed by atoms with Crippen molar-refractivity contribution >= 4 is 5.91 Å². The van der Waals surface area contributed by atoms with Crippen LogP contribution in [0.2, 0.25) is 0 Å². The Hall–Kier alpha value is -1.86. The third-order valence-corrected chi connectivity index (χ3v) is 3.49. The molecule has 2 unspecified atom stereocenters. The van der Waals surface area contributed by atoms with Crippen LogP contribution in [0, 0.1) is 11.3 Å². The summed E-state index contributed by atoms with van der Waals surface area (Å²) in [5.74, 6) is 0.121. The maximum atomic E-state index is 12.2. The molecule has 0 aliphatic rings. The Morgan fingerprint density at radius 3 is 2.25 bits per heavy atom. The fourth-order valence-electron chi connectivity index (χ4n) is 2.20. The molecule has 20 heavy (non-hydrogen) atoms. The fourth-order valence-corrected chi connectivity index (χ4v) is 2.20. The van der Waals surface area contributed by atoms with Crippen LogP contribution < -0.4 is 5.32 Å². The molecule has 4 nitrogen and oxygen atoms in total. The van der Waals surface area contributed by atoms with Crippen molar-refractivity contribution < 1.29 is 4.79 Å². The van der Waals surface area contributed by atoms with Gasteiger partial charge in [-0.05, 0) is 45.4 Å². The van der Waals surface area contributed by atoms with Gasteiger partial charge in [-0.2, -0.15) is 5.26 Å². The Morgan fingerprint density at radius 1 is 1.25 bits per heavy atom. The minimum atomic E-state index is -0.222. The van der Waals surface area contributed by atoms with Crippen molar-refractivity contribution in [1.82, 2.24) is 10.2 Å². The largest absolute Gasteiger partial charge is 0.342 e. The first kappa shape index (κ1) is 16.2. The summed E-state index contributed by atoms with van der Waals surface area (Å²) >= 11 is 0. The monoisotopic (exact) mass is 273 g/mol. The second-order valence-electron chi connectivity index (χ2n) is 4.85.